The van der Waals surface area contributed by atoms with Crippen LogP contribution in [0.5, 0.6) is 5.75 Å². The van der Waals surface area contributed by atoms with Gasteiger partial charge in [-0.15, -0.1) is 21.5 Å². The number of para-hydroxylation sites is 1. The molecule has 2 amide bonds. The number of hydrogen-bond donors (Lipinski definition) is 3. The van der Waals surface area contributed by atoms with Crippen LogP contribution in [0.2, 0.25) is 0 Å². The quantitative estimate of drug-likeness (QED) is 0.0969. The van der Waals surface area contributed by atoms with Crippen LogP contribution in [-0.4, -0.2) is 81.7 Å². The van der Waals surface area contributed by atoms with Crippen molar-refractivity contribution in [2.45, 2.75) is 98.4 Å². The maximum absolute atomic E-state index is 14.6. The van der Waals surface area contributed by atoms with Gasteiger partial charge in [-0.2, -0.15) is 0 Å². The summed E-state index contributed by atoms with van der Waals surface area (Å²) in [4.78, 5) is 61.5. The highest BCUT2D eigenvalue weighted by Crippen LogP contribution is 2.35. The number of anilines is 2. The zero-order chi connectivity index (χ0) is 43.3. The number of hydrogen-bond acceptors (Lipinski definition) is 13. The molecule has 2 aliphatic heterocycles. The smallest absolute Gasteiger partial charge is 0.308 e. The molecule has 2 aromatic heterocycles. The largest absolute Gasteiger partial charge is 0.461 e. The number of nitrogen functional groups attached to an aromatic ring is 1. The van der Waals surface area contributed by atoms with Gasteiger partial charge in [-0.05, 0) is 67.3 Å². The lowest BCUT2D eigenvalue weighted by molar-refractivity contribution is -0.147. The molecule has 14 nitrogen and oxygen atoms in total. The fourth-order valence-electron chi connectivity index (χ4n) is 8.02. The van der Waals surface area contributed by atoms with Gasteiger partial charge in [-0.25, -0.2) is 4.98 Å². The Morgan fingerprint density at radius 2 is 1.70 bits per heavy atom. The van der Waals surface area contributed by atoms with Crippen molar-refractivity contribution in [3.8, 4) is 27.4 Å². The summed E-state index contributed by atoms with van der Waals surface area (Å²) in [5.74, 6) is -0.568. The van der Waals surface area contributed by atoms with E-state index in [-0.39, 0.29) is 42.6 Å². The first-order chi connectivity index (χ1) is 28.5. The number of rotatable bonds is 13. The molecule has 15 heteroatoms. The van der Waals surface area contributed by atoms with Gasteiger partial charge in [0.15, 0.2) is 5.82 Å². The van der Waals surface area contributed by atoms with E-state index in [2.05, 4.69) is 61.6 Å². The van der Waals surface area contributed by atoms with Crippen LogP contribution in [-0.2, 0) is 23.9 Å². The Kier molecular flexibility index (Phi) is 13.6. The van der Waals surface area contributed by atoms with Crippen molar-refractivity contribution >= 4 is 46.6 Å². The molecule has 0 saturated carbocycles. The second-order valence-corrected chi connectivity index (χ2v) is 17.7. The highest BCUT2D eigenvalue weighted by molar-refractivity contribution is 7.13. The van der Waals surface area contributed by atoms with Gasteiger partial charge in [0.1, 0.15) is 17.9 Å². The fraction of sp³-hybridized carbons (Fsp3) is 0.444. The van der Waals surface area contributed by atoms with E-state index in [1.807, 2.05) is 58.3 Å². The van der Waals surface area contributed by atoms with E-state index in [0.29, 0.717) is 42.2 Å². The number of nitrogens with zero attached hydrogens (tertiary/aromatic N) is 5. The highest BCUT2D eigenvalue weighted by Gasteiger charge is 2.44. The number of likely N-dealkylation sites (tertiary alicyclic amines) is 1. The first-order valence-electron chi connectivity index (χ1n) is 20.4. The molecule has 2 aliphatic rings. The Morgan fingerprint density at radius 3 is 2.33 bits per heavy atom. The second kappa shape index (κ2) is 18.6. The summed E-state index contributed by atoms with van der Waals surface area (Å²) in [6, 6.07) is 15.9. The molecule has 6 rings (SSSR count). The lowest BCUT2D eigenvalue weighted by atomic mass is 9.85. The number of thiazole rings is 1. The SMILES string of the molecule is C=C(N[C@@H](C)c1ccc(-c2scnc2C)cc1)[C@@H]1C[C@@H](OC(C)=O)CN1C(=O)[C@@H](NC(=O)CC1CCN(c2cc(-c3ccccc3OC(C)=O)nnc2N)CC1)C(C)(C)C. The van der Waals surface area contributed by atoms with Gasteiger partial charge in [-0.1, -0.05) is 63.7 Å². The lowest BCUT2D eigenvalue weighted by Crippen LogP contribution is -2.56. The molecule has 0 bridgehead atoms. The molecule has 0 unspecified atom stereocenters. The van der Waals surface area contributed by atoms with Gasteiger partial charge in [0, 0.05) is 57.1 Å². The van der Waals surface area contributed by atoms with Crippen LogP contribution < -0.4 is 26.0 Å². The molecule has 0 aliphatic carbocycles. The Morgan fingerprint density at radius 1 is 1.00 bits per heavy atom. The maximum atomic E-state index is 14.6. The molecular weight excluding hydrogens is 781 g/mol. The third kappa shape index (κ3) is 10.5. The van der Waals surface area contributed by atoms with Crippen LogP contribution in [0.4, 0.5) is 11.5 Å². The summed E-state index contributed by atoms with van der Waals surface area (Å²) < 4.78 is 11.0. The summed E-state index contributed by atoms with van der Waals surface area (Å²) in [6.07, 6.45) is 1.56. The molecular formula is C45H56N8O6S. The Balaban J connectivity index is 1.09. The summed E-state index contributed by atoms with van der Waals surface area (Å²) in [5.41, 5.74) is 13.2. The fourth-order valence-corrected chi connectivity index (χ4v) is 8.84. The van der Waals surface area contributed by atoms with Gasteiger partial charge in [0.2, 0.25) is 11.8 Å². The van der Waals surface area contributed by atoms with Crippen molar-refractivity contribution < 1.29 is 28.7 Å². The number of aromatic nitrogens is 3. The van der Waals surface area contributed by atoms with Crippen molar-refractivity contribution in [2.75, 3.05) is 30.3 Å². The van der Waals surface area contributed by atoms with Crippen LogP contribution in [0.3, 0.4) is 0 Å². The maximum Gasteiger partial charge on any atom is 0.308 e. The lowest BCUT2D eigenvalue weighted by Gasteiger charge is -2.37. The van der Waals surface area contributed by atoms with Crippen molar-refractivity contribution in [2.24, 2.45) is 11.3 Å². The predicted molar refractivity (Wildman–Crippen MR) is 233 cm³/mol. The molecule has 4 atom stereocenters. The summed E-state index contributed by atoms with van der Waals surface area (Å²) >= 11 is 1.61. The van der Waals surface area contributed by atoms with Crippen molar-refractivity contribution in [1.29, 1.82) is 0 Å². The number of piperidine rings is 1. The summed E-state index contributed by atoms with van der Waals surface area (Å²) in [6.45, 7) is 18.4. The molecule has 4 heterocycles. The molecule has 60 heavy (non-hydrogen) atoms. The number of benzene rings is 2. The van der Waals surface area contributed by atoms with Gasteiger partial charge in [0.25, 0.3) is 0 Å². The molecule has 4 N–H and O–H groups in total. The number of aryl methyl sites for hydroxylation is 1. The molecule has 2 aromatic carbocycles. The Labute approximate surface area is 355 Å². The number of amides is 2. The minimum atomic E-state index is -0.840. The van der Waals surface area contributed by atoms with Gasteiger partial charge in [-0.3, -0.25) is 19.2 Å². The van der Waals surface area contributed by atoms with Crippen molar-refractivity contribution in [3.05, 3.63) is 83.6 Å². The van der Waals surface area contributed by atoms with E-state index in [1.54, 1.807) is 28.4 Å². The number of carbonyl (C=O) groups is 4. The van der Waals surface area contributed by atoms with Crippen LogP contribution in [0.1, 0.15) is 84.5 Å². The van der Waals surface area contributed by atoms with Crippen LogP contribution in [0.25, 0.3) is 21.7 Å². The highest BCUT2D eigenvalue weighted by atomic mass is 32.1. The number of nitrogens with one attached hydrogen (secondary N) is 2. The third-order valence-corrected chi connectivity index (χ3v) is 12.1. The molecule has 0 spiro atoms. The number of ether oxygens (including phenoxy) is 2. The second-order valence-electron chi connectivity index (χ2n) is 16.8. The first kappa shape index (κ1) is 43.7. The van der Waals surface area contributed by atoms with E-state index in [4.69, 9.17) is 15.2 Å². The average molecular weight is 837 g/mol. The molecule has 0 radical (unpaired) electrons. The monoisotopic (exact) mass is 836 g/mol. The molecule has 2 saturated heterocycles. The number of esters is 2. The van der Waals surface area contributed by atoms with Crippen LogP contribution in [0.15, 0.2) is 72.4 Å². The van der Waals surface area contributed by atoms with Crippen LogP contribution in [0, 0.1) is 18.3 Å². The minimum absolute atomic E-state index is 0.0792. The zero-order valence-electron chi connectivity index (χ0n) is 35.5. The minimum Gasteiger partial charge on any atom is -0.461 e. The van der Waals surface area contributed by atoms with Crippen molar-refractivity contribution in [3.63, 3.8) is 0 Å². The van der Waals surface area contributed by atoms with E-state index >= 15 is 0 Å². The molecule has 2 fully saturated rings. The first-order valence-corrected chi connectivity index (χ1v) is 21.2. The van der Waals surface area contributed by atoms with Crippen LogP contribution >= 0.6 is 11.3 Å². The number of carbonyl (C=O) groups excluding carboxylic acids is 4. The standard InChI is InChI=1S/C45H56N8O6S/c1-26(32-13-15-33(16-14-32)41-28(3)47-25-60-41)48-27(2)37-22-34(58-29(4)54)24-53(37)44(57)42(45(6,7)8)49-40(56)21-31-17-19-52(20-18-31)38-23-36(50-51-43(38)46)35-11-9-10-12-39(35)59-30(5)55/h9-16,23,25-26,31,34,37,42,48H,2,17-22,24H2,1,3-8H3,(H2,46,51)(H,49,56)/t26-,34+,37-,42+/m0/s1. The predicted octanol–water partition coefficient (Wildman–Crippen LogP) is 6.62. The Bertz CT molecular complexity index is 2210. The summed E-state index contributed by atoms with van der Waals surface area (Å²) in [5, 5.41) is 15.1. The van der Waals surface area contributed by atoms with E-state index < -0.39 is 35.5 Å². The normalized spacial score (nSPS) is 18.1. The van der Waals surface area contributed by atoms with Gasteiger partial charge in [0.05, 0.1) is 40.0 Å². The van der Waals surface area contributed by atoms with Gasteiger partial charge >= 0.3 is 11.9 Å². The zero-order valence-corrected chi connectivity index (χ0v) is 36.3. The van der Waals surface area contributed by atoms with E-state index in [0.717, 1.165) is 40.2 Å². The van der Waals surface area contributed by atoms with E-state index in [9.17, 15) is 19.2 Å². The summed E-state index contributed by atoms with van der Waals surface area (Å²) in [7, 11) is 0. The molecule has 318 valence electrons. The third-order valence-electron chi connectivity index (χ3n) is 11.2. The number of nitrogens with two attached hydrogens (primary N) is 1. The van der Waals surface area contributed by atoms with Gasteiger partial charge < -0.3 is 35.6 Å². The van der Waals surface area contributed by atoms with Crippen molar-refractivity contribution in [1.82, 2.24) is 30.7 Å². The topological polar surface area (TPSA) is 182 Å². The van der Waals surface area contributed by atoms with E-state index in [1.165, 1.54) is 13.8 Å². The molecule has 4 aromatic rings. The average Bonchev–Trinajstić information content (AvgIpc) is 3.83. The Hall–Kier alpha value is -5.83.